The van der Waals surface area contributed by atoms with Gasteiger partial charge in [0.05, 0.1) is 38.5 Å². The SMILES string of the molecule is [2H]C([2H])([2H])Oc1ccc2c(cc1=O)[C@@H](NC(=O)C([2H])([2H])[2H])CCc1cc(OC)c(OC)c(OC)c1-2. The van der Waals surface area contributed by atoms with Gasteiger partial charge in [0.15, 0.2) is 17.2 Å². The van der Waals surface area contributed by atoms with Gasteiger partial charge in [-0.25, -0.2) is 0 Å². The number of fused-ring (bicyclic) bond motifs is 3. The third-order valence-electron chi connectivity index (χ3n) is 4.92. The summed E-state index contributed by atoms with van der Waals surface area (Å²) in [4.78, 5) is 25.3. The molecule has 29 heavy (non-hydrogen) atoms. The number of rotatable bonds is 5. The lowest BCUT2D eigenvalue weighted by Gasteiger charge is -2.19. The summed E-state index contributed by atoms with van der Waals surface area (Å²) in [7, 11) is 1.47. The second-order valence-electron chi connectivity index (χ2n) is 6.42. The molecule has 0 saturated carbocycles. The Bertz CT molecular complexity index is 1190. The van der Waals surface area contributed by atoms with Gasteiger partial charge in [-0.1, -0.05) is 6.07 Å². The lowest BCUT2D eigenvalue weighted by molar-refractivity contribution is -0.119. The fraction of sp³-hybridized carbons (Fsp3) is 0.364. The monoisotopic (exact) mass is 405 g/mol. The molecule has 1 amide bonds. The second kappa shape index (κ2) is 8.43. The Morgan fingerprint density at radius 1 is 1.07 bits per heavy atom. The molecule has 3 rings (SSSR count). The van der Waals surface area contributed by atoms with Crippen molar-refractivity contribution in [3.63, 3.8) is 0 Å². The van der Waals surface area contributed by atoms with Crippen LogP contribution in [0.1, 0.15) is 38.7 Å². The number of hydrogen-bond donors (Lipinski definition) is 1. The second-order valence-corrected chi connectivity index (χ2v) is 6.42. The molecule has 7 heteroatoms. The highest BCUT2D eigenvalue weighted by atomic mass is 16.5. The largest absolute Gasteiger partial charge is 0.493 e. The van der Waals surface area contributed by atoms with E-state index in [1.54, 1.807) is 6.07 Å². The summed E-state index contributed by atoms with van der Waals surface area (Å²) in [5.41, 5.74) is 1.18. The lowest BCUT2D eigenvalue weighted by Crippen LogP contribution is -2.26. The number of carbonyl (C=O) groups excluding carboxylic acids is 1. The molecule has 2 aromatic rings. The minimum absolute atomic E-state index is 0.235. The summed E-state index contributed by atoms with van der Waals surface area (Å²) >= 11 is 0. The molecule has 0 bridgehead atoms. The Kier molecular flexibility index (Phi) is 4.03. The van der Waals surface area contributed by atoms with Gasteiger partial charge in [0.1, 0.15) is 0 Å². The van der Waals surface area contributed by atoms with E-state index in [4.69, 9.17) is 27.2 Å². The first-order valence-electron chi connectivity index (χ1n) is 11.8. The molecule has 1 atom stereocenters. The molecule has 0 fully saturated rings. The maximum Gasteiger partial charge on any atom is 0.220 e. The van der Waals surface area contributed by atoms with E-state index in [2.05, 4.69) is 5.32 Å². The van der Waals surface area contributed by atoms with Gasteiger partial charge in [0.2, 0.25) is 17.1 Å². The number of carbonyl (C=O) groups is 1. The Labute approximate surface area is 178 Å². The van der Waals surface area contributed by atoms with E-state index in [0.717, 1.165) is 11.6 Å². The average Bonchev–Trinajstić information content (AvgIpc) is 3.00. The van der Waals surface area contributed by atoms with Gasteiger partial charge in [-0.05, 0) is 47.7 Å². The molecule has 1 aliphatic carbocycles. The van der Waals surface area contributed by atoms with E-state index in [1.807, 2.05) is 0 Å². The van der Waals surface area contributed by atoms with E-state index in [-0.39, 0.29) is 17.7 Å². The predicted octanol–water partition coefficient (Wildman–Crippen LogP) is 2.87. The van der Waals surface area contributed by atoms with Crippen LogP contribution in [0.25, 0.3) is 11.1 Å². The van der Waals surface area contributed by atoms with Crippen LogP contribution in [0.15, 0.2) is 29.1 Å². The molecular weight excluding hydrogens is 374 g/mol. The summed E-state index contributed by atoms with van der Waals surface area (Å²) in [5, 5.41) is 2.50. The molecule has 0 aromatic heterocycles. The van der Waals surface area contributed by atoms with Crippen LogP contribution in [0.4, 0.5) is 0 Å². The number of amides is 1. The van der Waals surface area contributed by atoms with Crippen molar-refractivity contribution in [2.45, 2.75) is 25.7 Å². The van der Waals surface area contributed by atoms with Gasteiger partial charge in [0.25, 0.3) is 0 Å². The fourth-order valence-electron chi connectivity index (χ4n) is 3.69. The summed E-state index contributed by atoms with van der Waals surface area (Å²) in [5.74, 6) is -0.634. The van der Waals surface area contributed by atoms with Crippen LogP contribution in [-0.4, -0.2) is 34.3 Å². The first kappa shape index (κ1) is 13.9. The molecular formula is C22H25NO6. The van der Waals surface area contributed by atoms with Crippen molar-refractivity contribution in [2.24, 2.45) is 0 Å². The molecule has 0 unspecified atom stereocenters. The van der Waals surface area contributed by atoms with E-state index in [9.17, 15) is 9.59 Å². The van der Waals surface area contributed by atoms with Crippen molar-refractivity contribution in [3.05, 3.63) is 45.6 Å². The number of methoxy groups -OCH3 is 4. The topological polar surface area (TPSA) is 83.1 Å². The van der Waals surface area contributed by atoms with Crippen molar-refractivity contribution in [2.75, 3.05) is 28.4 Å². The third kappa shape index (κ3) is 3.72. The maximum absolute atomic E-state index is 12.9. The Hall–Kier alpha value is -3.22. The Morgan fingerprint density at radius 3 is 2.52 bits per heavy atom. The molecule has 0 heterocycles. The average molecular weight is 405 g/mol. The van der Waals surface area contributed by atoms with Crippen LogP contribution in [0.2, 0.25) is 0 Å². The van der Waals surface area contributed by atoms with Gasteiger partial charge < -0.3 is 24.3 Å². The standard InChI is InChI=1S/C22H25NO6/c1-12(24)23-16-8-6-13-10-19(27-3)21(28-4)22(29-5)20(13)14-7-9-18(26-2)17(25)11-15(14)16/h7,9-11,16H,6,8H2,1-5H3,(H,23,24)/t16-/m0/s1/i1D3,2D3. The fourth-order valence-corrected chi connectivity index (χ4v) is 3.69. The molecule has 1 aliphatic rings. The van der Waals surface area contributed by atoms with E-state index < -0.39 is 37.0 Å². The van der Waals surface area contributed by atoms with Gasteiger partial charge in [-0.2, -0.15) is 0 Å². The highest BCUT2D eigenvalue weighted by molar-refractivity contribution is 5.83. The van der Waals surface area contributed by atoms with E-state index >= 15 is 0 Å². The van der Waals surface area contributed by atoms with Crippen molar-refractivity contribution in [1.29, 1.82) is 0 Å². The first-order chi connectivity index (χ1) is 16.3. The van der Waals surface area contributed by atoms with Gasteiger partial charge >= 0.3 is 0 Å². The van der Waals surface area contributed by atoms with Crippen LogP contribution in [0, 0.1) is 0 Å². The maximum atomic E-state index is 12.9. The van der Waals surface area contributed by atoms with Crippen LogP contribution in [0.3, 0.4) is 0 Å². The lowest BCUT2D eigenvalue weighted by atomic mass is 9.95. The van der Waals surface area contributed by atoms with Crippen LogP contribution >= 0.6 is 0 Å². The molecule has 0 radical (unpaired) electrons. The van der Waals surface area contributed by atoms with Crippen LogP contribution in [-0.2, 0) is 11.2 Å². The summed E-state index contributed by atoms with van der Waals surface area (Å²) in [6.45, 7) is -2.91. The molecule has 0 aliphatic heterocycles. The smallest absolute Gasteiger partial charge is 0.220 e. The molecule has 7 nitrogen and oxygen atoms in total. The molecule has 1 N–H and O–H groups in total. The van der Waals surface area contributed by atoms with Crippen molar-refractivity contribution < 1.29 is 32.0 Å². The zero-order chi connectivity index (χ0) is 26.1. The van der Waals surface area contributed by atoms with Crippen molar-refractivity contribution in [3.8, 4) is 34.1 Å². The molecule has 154 valence electrons. The van der Waals surface area contributed by atoms with Crippen molar-refractivity contribution >= 4 is 5.91 Å². The molecule has 0 saturated heterocycles. The van der Waals surface area contributed by atoms with E-state index in [0.29, 0.717) is 29.0 Å². The van der Waals surface area contributed by atoms with Crippen molar-refractivity contribution in [1.82, 2.24) is 5.32 Å². The van der Waals surface area contributed by atoms with Gasteiger partial charge in [-0.15, -0.1) is 0 Å². The molecule has 0 spiro atoms. The zero-order valence-corrected chi connectivity index (χ0v) is 16.3. The predicted molar refractivity (Wildman–Crippen MR) is 109 cm³/mol. The van der Waals surface area contributed by atoms with Gasteiger partial charge in [-0.3, -0.25) is 9.59 Å². The number of nitrogens with one attached hydrogen (secondary N) is 1. The van der Waals surface area contributed by atoms with Crippen LogP contribution < -0.4 is 29.7 Å². The Morgan fingerprint density at radius 2 is 1.86 bits per heavy atom. The normalized spacial score (nSPS) is 18.7. The highest BCUT2D eigenvalue weighted by Gasteiger charge is 2.29. The summed E-state index contributed by atoms with van der Waals surface area (Å²) in [6.07, 6.45) is 0.600. The number of benzene rings is 1. The minimum atomic E-state index is -2.91. The summed E-state index contributed by atoms with van der Waals surface area (Å²) in [6, 6.07) is 4.70. The Balaban J connectivity index is 2.36. The minimum Gasteiger partial charge on any atom is -0.493 e. The first-order valence-corrected chi connectivity index (χ1v) is 8.81. The highest BCUT2D eigenvalue weighted by Crippen LogP contribution is 2.50. The van der Waals surface area contributed by atoms with E-state index in [1.165, 1.54) is 33.5 Å². The number of hydrogen-bond acceptors (Lipinski definition) is 6. The summed E-state index contributed by atoms with van der Waals surface area (Å²) < 4.78 is 65.8. The number of ether oxygens (including phenoxy) is 4. The zero-order valence-electron chi connectivity index (χ0n) is 22.3. The molecule has 2 aromatic carbocycles. The quantitative estimate of drug-likeness (QED) is 0.824. The number of aryl methyl sites for hydroxylation is 1. The van der Waals surface area contributed by atoms with Crippen LogP contribution in [0.5, 0.6) is 23.0 Å². The van der Waals surface area contributed by atoms with Gasteiger partial charge in [0, 0.05) is 16.5 Å². The third-order valence-corrected chi connectivity index (χ3v) is 4.92.